The van der Waals surface area contributed by atoms with Crippen LogP contribution in [-0.2, 0) is 14.8 Å². The van der Waals surface area contributed by atoms with Gasteiger partial charge in [-0.05, 0) is 55.0 Å². The number of piperidine rings is 1. The highest BCUT2D eigenvalue weighted by molar-refractivity contribution is 7.94. The molecule has 8 heteroatoms. The molecule has 0 aliphatic carbocycles. The lowest BCUT2D eigenvalue weighted by Gasteiger charge is -2.30. The molecule has 1 saturated heterocycles. The van der Waals surface area contributed by atoms with Crippen LogP contribution in [0.1, 0.15) is 19.3 Å². The van der Waals surface area contributed by atoms with Crippen molar-refractivity contribution in [1.29, 1.82) is 0 Å². The van der Waals surface area contributed by atoms with Crippen LogP contribution < -0.4 is 9.04 Å². The van der Waals surface area contributed by atoms with Crippen LogP contribution in [0.3, 0.4) is 0 Å². The predicted molar refractivity (Wildman–Crippen MR) is 102 cm³/mol. The average Bonchev–Trinajstić information content (AvgIpc) is 3.22. The van der Waals surface area contributed by atoms with Crippen LogP contribution in [0, 0.1) is 0 Å². The number of methoxy groups -OCH3 is 1. The SMILES string of the molecule is COc1ccc(N(CC(=O)N2CCCCC2)S(=O)(=O)c2cccs2)cc1. The molecule has 6 nitrogen and oxygen atoms in total. The summed E-state index contributed by atoms with van der Waals surface area (Å²) in [7, 11) is -2.25. The zero-order valence-corrected chi connectivity index (χ0v) is 16.3. The van der Waals surface area contributed by atoms with Crippen molar-refractivity contribution in [3.05, 3.63) is 41.8 Å². The van der Waals surface area contributed by atoms with Gasteiger partial charge in [0, 0.05) is 13.1 Å². The van der Waals surface area contributed by atoms with E-state index in [0.717, 1.165) is 30.6 Å². The summed E-state index contributed by atoms with van der Waals surface area (Å²) in [6.07, 6.45) is 3.04. The van der Waals surface area contributed by atoms with Crippen molar-refractivity contribution < 1.29 is 17.9 Å². The van der Waals surface area contributed by atoms with Crippen molar-refractivity contribution >= 4 is 33.0 Å². The summed E-state index contributed by atoms with van der Waals surface area (Å²) < 4.78 is 32.8. The molecular formula is C18H22N2O4S2. The molecule has 26 heavy (non-hydrogen) atoms. The average molecular weight is 395 g/mol. The van der Waals surface area contributed by atoms with E-state index < -0.39 is 10.0 Å². The Balaban J connectivity index is 1.91. The molecule has 0 unspecified atom stereocenters. The second-order valence-corrected chi connectivity index (χ2v) is 9.12. The third kappa shape index (κ3) is 4.02. The quantitative estimate of drug-likeness (QED) is 0.755. The minimum atomic E-state index is -3.80. The molecule has 140 valence electrons. The Labute approximate surface area is 158 Å². The van der Waals surface area contributed by atoms with E-state index in [1.165, 1.54) is 4.31 Å². The highest BCUT2D eigenvalue weighted by atomic mass is 32.2. The lowest BCUT2D eigenvalue weighted by atomic mass is 10.1. The van der Waals surface area contributed by atoms with E-state index in [4.69, 9.17) is 4.74 Å². The molecule has 0 N–H and O–H groups in total. The van der Waals surface area contributed by atoms with E-state index in [1.807, 2.05) is 0 Å². The van der Waals surface area contributed by atoms with Gasteiger partial charge < -0.3 is 9.64 Å². The number of sulfonamides is 1. The highest BCUT2D eigenvalue weighted by Crippen LogP contribution is 2.28. The smallest absolute Gasteiger partial charge is 0.274 e. The number of hydrogen-bond acceptors (Lipinski definition) is 5. The molecule has 1 aromatic carbocycles. The fourth-order valence-corrected chi connectivity index (χ4v) is 5.47. The van der Waals surface area contributed by atoms with E-state index in [9.17, 15) is 13.2 Å². The zero-order valence-electron chi connectivity index (χ0n) is 14.6. The first-order valence-corrected chi connectivity index (χ1v) is 10.8. The van der Waals surface area contributed by atoms with E-state index in [2.05, 4.69) is 0 Å². The number of thiophene rings is 1. The number of amides is 1. The molecular weight excluding hydrogens is 372 g/mol. The first-order chi connectivity index (χ1) is 12.5. The van der Waals surface area contributed by atoms with Crippen LogP contribution in [0.15, 0.2) is 46.0 Å². The topological polar surface area (TPSA) is 66.9 Å². The lowest BCUT2D eigenvalue weighted by Crippen LogP contribution is -2.44. The number of nitrogens with zero attached hydrogens (tertiary/aromatic N) is 2. The molecule has 2 aromatic rings. The monoisotopic (exact) mass is 394 g/mol. The van der Waals surface area contributed by atoms with Gasteiger partial charge in [0.15, 0.2) is 0 Å². The van der Waals surface area contributed by atoms with Crippen LogP contribution in [0.5, 0.6) is 5.75 Å². The maximum Gasteiger partial charge on any atom is 0.274 e. The van der Waals surface area contributed by atoms with Crippen molar-refractivity contribution in [3.8, 4) is 5.75 Å². The van der Waals surface area contributed by atoms with Gasteiger partial charge in [-0.25, -0.2) is 8.42 Å². The van der Waals surface area contributed by atoms with Crippen LogP contribution in [-0.4, -0.2) is 46.0 Å². The van der Waals surface area contributed by atoms with E-state index in [0.29, 0.717) is 24.5 Å². The third-order valence-corrected chi connectivity index (χ3v) is 7.53. The normalized spacial score (nSPS) is 14.9. The largest absolute Gasteiger partial charge is 0.497 e. The number of carbonyl (C=O) groups excluding carboxylic acids is 1. The van der Waals surface area contributed by atoms with Crippen molar-refractivity contribution in [2.75, 3.05) is 31.0 Å². The summed E-state index contributed by atoms with van der Waals surface area (Å²) >= 11 is 1.14. The summed E-state index contributed by atoms with van der Waals surface area (Å²) in [6, 6.07) is 9.95. The van der Waals surface area contributed by atoms with Crippen LogP contribution in [0.25, 0.3) is 0 Å². The molecule has 1 amide bonds. The highest BCUT2D eigenvalue weighted by Gasteiger charge is 2.30. The predicted octanol–water partition coefficient (Wildman–Crippen LogP) is 2.96. The van der Waals surface area contributed by atoms with Crippen molar-refractivity contribution in [1.82, 2.24) is 4.90 Å². The molecule has 1 aliphatic heterocycles. The van der Waals surface area contributed by atoms with Gasteiger partial charge in [0.1, 0.15) is 16.5 Å². The standard InChI is InChI=1S/C18H22N2O4S2/c1-24-16-9-7-15(8-10-16)20(26(22,23)18-6-5-13-25-18)14-17(21)19-11-3-2-4-12-19/h5-10,13H,2-4,11-12,14H2,1H3. The van der Waals surface area contributed by atoms with Crippen LogP contribution in [0.2, 0.25) is 0 Å². The number of hydrogen-bond donors (Lipinski definition) is 0. The molecule has 0 saturated carbocycles. The van der Waals surface area contributed by atoms with Gasteiger partial charge in [0.05, 0.1) is 12.8 Å². The maximum atomic E-state index is 13.1. The molecule has 1 fully saturated rings. The van der Waals surface area contributed by atoms with Gasteiger partial charge in [-0.1, -0.05) is 6.07 Å². The molecule has 0 atom stereocenters. The molecule has 1 aromatic heterocycles. The second-order valence-electron chi connectivity index (χ2n) is 6.08. The fraction of sp³-hybridized carbons (Fsp3) is 0.389. The van der Waals surface area contributed by atoms with Crippen LogP contribution in [0.4, 0.5) is 5.69 Å². The Kier molecular flexibility index (Phi) is 5.83. The summed E-state index contributed by atoms with van der Waals surface area (Å²) in [5.41, 5.74) is 0.449. The van der Waals surface area contributed by atoms with E-state index in [1.54, 1.807) is 53.8 Å². The number of ether oxygens (including phenoxy) is 1. The van der Waals surface area contributed by atoms with Gasteiger partial charge in [-0.2, -0.15) is 0 Å². The Morgan fingerprint density at radius 3 is 2.42 bits per heavy atom. The molecule has 2 heterocycles. The minimum Gasteiger partial charge on any atom is -0.497 e. The summed E-state index contributed by atoms with van der Waals surface area (Å²) in [5, 5.41) is 1.71. The minimum absolute atomic E-state index is 0.166. The van der Waals surface area contributed by atoms with E-state index >= 15 is 0 Å². The molecule has 0 spiro atoms. The number of anilines is 1. The second kappa shape index (κ2) is 8.09. The number of likely N-dealkylation sites (tertiary alicyclic amines) is 1. The summed E-state index contributed by atoms with van der Waals surface area (Å²) in [4.78, 5) is 14.5. The summed E-state index contributed by atoms with van der Waals surface area (Å²) in [5.74, 6) is 0.463. The Morgan fingerprint density at radius 2 is 1.85 bits per heavy atom. The molecule has 0 radical (unpaired) electrons. The Hall–Kier alpha value is -2.06. The number of rotatable bonds is 6. The summed E-state index contributed by atoms with van der Waals surface area (Å²) in [6.45, 7) is 1.18. The molecule has 3 rings (SSSR count). The molecule has 0 bridgehead atoms. The first kappa shape index (κ1) is 18.7. The Morgan fingerprint density at radius 1 is 1.15 bits per heavy atom. The number of benzene rings is 1. The van der Waals surface area contributed by atoms with Crippen molar-refractivity contribution in [2.24, 2.45) is 0 Å². The molecule has 1 aliphatic rings. The van der Waals surface area contributed by atoms with Gasteiger partial charge in [0.25, 0.3) is 10.0 Å². The van der Waals surface area contributed by atoms with Gasteiger partial charge >= 0.3 is 0 Å². The maximum absolute atomic E-state index is 13.1. The van der Waals surface area contributed by atoms with Gasteiger partial charge in [-0.3, -0.25) is 9.10 Å². The van der Waals surface area contributed by atoms with E-state index in [-0.39, 0.29) is 16.7 Å². The third-order valence-electron chi connectivity index (χ3n) is 4.39. The number of carbonyl (C=O) groups is 1. The zero-order chi connectivity index (χ0) is 18.6. The van der Waals surface area contributed by atoms with Crippen molar-refractivity contribution in [2.45, 2.75) is 23.5 Å². The van der Waals surface area contributed by atoms with Gasteiger partial charge in [0.2, 0.25) is 5.91 Å². The first-order valence-electron chi connectivity index (χ1n) is 8.50. The van der Waals surface area contributed by atoms with Crippen LogP contribution >= 0.6 is 11.3 Å². The Bertz CT molecular complexity index is 827. The fourth-order valence-electron chi connectivity index (χ4n) is 2.95. The lowest BCUT2D eigenvalue weighted by molar-refractivity contribution is -0.130. The van der Waals surface area contributed by atoms with Crippen molar-refractivity contribution in [3.63, 3.8) is 0 Å². The van der Waals surface area contributed by atoms with Gasteiger partial charge in [-0.15, -0.1) is 11.3 Å².